The molecule has 2 bridgehead atoms. The van der Waals surface area contributed by atoms with Crippen molar-refractivity contribution in [3.63, 3.8) is 0 Å². The minimum atomic E-state index is -3.37. The van der Waals surface area contributed by atoms with Crippen molar-refractivity contribution in [2.75, 3.05) is 0 Å². The number of benzene rings is 1. The van der Waals surface area contributed by atoms with Crippen molar-refractivity contribution in [1.82, 2.24) is 14.9 Å². The average Bonchev–Trinajstić information content (AvgIpc) is 2.91. The first-order chi connectivity index (χ1) is 12.5. The monoisotopic (exact) mass is 371 g/mol. The molecule has 0 aliphatic carbocycles. The highest BCUT2D eigenvalue weighted by Crippen LogP contribution is 2.40. The van der Waals surface area contributed by atoms with E-state index in [1.54, 1.807) is 30.5 Å². The molecule has 1 aromatic carbocycles. The second-order valence-electron chi connectivity index (χ2n) is 7.09. The van der Waals surface area contributed by atoms with Crippen molar-refractivity contribution < 1.29 is 13.2 Å². The number of piperidine rings is 1. The first kappa shape index (κ1) is 17.1. The lowest BCUT2D eigenvalue weighted by Gasteiger charge is -2.38. The van der Waals surface area contributed by atoms with Crippen LogP contribution in [0.15, 0.2) is 47.6 Å². The number of carbonyl (C=O) groups is 1. The van der Waals surface area contributed by atoms with E-state index in [1.807, 2.05) is 17.9 Å². The molecule has 2 aromatic rings. The Balaban J connectivity index is 1.56. The van der Waals surface area contributed by atoms with Gasteiger partial charge in [-0.1, -0.05) is 18.2 Å². The molecule has 1 amide bonds. The minimum absolute atomic E-state index is 0.0483. The molecule has 26 heavy (non-hydrogen) atoms. The molecule has 0 N–H and O–H groups in total. The SMILES string of the molecule is Cc1cnc(C(=O)N2C3CCC2CC(S(=O)(=O)c2ccccc2)C3)cn1. The van der Waals surface area contributed by atoms with Gasteiger partial charge in [-0.3, -0.25) is 9.78 Å². The first-order valence-corrected chi connectivity index (χ1v) is 10.4. The van der Waals surface area contributed by atoms with Gasteiger partial charge in [-0.2, -0.15) is 0 Å². The number of hydrogen-bond donors (Lipinski definition) is 0. The smallest absolute Gasteiger partial charge is 0.274 e. The van der Waals surface area contributed by atoms with Gasteiger partial charge in [0.25, 0.3) is 5.91 Å². The molecule has 136 valence electrons. The Bertz CT molecular complexity index is 899. The number of sulfone groups is 1. The lowest BCUT2D eigenvalue weighted by molar-refractivity contribution is 0.0591. The molecule has 6 nitrogen and oxygen atoms in total. The van der Waals surface area contributed by atoms with Crippen LogP contribution in [0.4, 0.5) is 0 Å². The van der Waals surface area contributed by atoms with Gasteiger partial charge in [0.05, 0.1) is 22.0 Å². The van der Waals surface area contributed by atoms with Crippen LogP contribution in [0, 0.1) is 6.92 Å². The van der Waals surface area contributed by atoms with Gasteiger partial charge in [0.1, 0.15) is 5.69 Å². The van der Waals surface area contributed by atoms with Gasteiger partial charge >= 0.3 is 0 Å². The van der Waals surface area contributed by atoms with Crippen LogP contribution in [0.1, 0.15) is 41.9 Å². The van der Waals surface area contributed by atoms with Crippen LogP contribution in [0.25, 0.3) is 0 Å². The summed E-state index contributed by atoms with van der Waals surface area (Å²) >= 11 is 0. The van der Waals surface area contributed by atoms with E-state index >= 15 is 0 Å². The maximum Gasteiger partial charge on any atom is 0.274 e. The predicted molar refractivity (Wildman–Crippen MR) is 96.4 cm³/mol. The number of amides is 1. The fourth-order valence-corrected chi connectivity index (χ4v) is 6.02. The zero-order valence-corrected chi connectivity index (χ0v) is 15.4. The van der Waals surface area contributed by atoms with Crippen molar-refractivity contribution in [3.05, 3.63) is 54.1 Å². The number of aryl methyl sites for hydroxylation is 1. The fraction of sp³-hybridized carbons (Fsp3) is 0.421. The number of fused-ring (bicyclic) bond motifs is 2. The Morgan fingerprint density at radius 1 is 1.04 bits per heavy atom. The van der Waals surface area contributed by atoms with E-state index in [4.69, 9.17) is 0 Å². The summed E-state index contributed by atoms with van der Waals surface area (Å²) in [5, 5.41) is -0.435. The van der Waals surface area contributed by atoms with E-state index in [0.29, 0.717) is 23.4 Å². The Hall–Kier alpha value is -2.28. The van der Waals surface area contributed by atoms with Crippen molar-refractivity contribution in [1.29, 1.82) is 0 Å². The summed E-state index contributed by atoms with van der Waals surface area (Å²) in [6.07, 6.45) is 5.75. The van der Waals surface area contributed by atoms with E-state index in [1.165, 1.54) is 6.20 Å². The van der Waals surface area contributed by atoms with Crippen LogP contribution in [0.5, 0.6) is 0 Å². The molecule has 4 rings (SSSR count). The Morgan fingerprint density at radius 2 is 1.69 bits per heavy atom. The van der Waals surface area contributed by atoms with Crippen LogP contribution in [-0.4, -0.2) is 46.5 Å². The maximum atomic E-state index is 13.0. The largest absolute Gasteiger partial charge is 0.331 e. The number of hydrogen-bond acceptors (Lipinski definition) is 5. The van der Waals surface area contributed by atoms with Gasteiger partial charge in [0.15, 0.2) is 9.84 Å². The summed E-state index contributed by atoms with van der Waals surface area (Å²) < 4.78 is 25.9. The van der Waals surface area contributed by atoms with Crippen LogP contribution in [0.3, 0.4) is 0 Å². The second-order valence-corrected chi connectivity index (χ2v) is 9.32. The second kappa shape index (κ2) is 6.46. The Morgan fingerprint density at radius 3 is 2.27 bits per heavy atom. The highest BCUT2D eigenvalue weighted by molar-refractivity contribution is 7.92. The summed E-state index contributed by atoms with van der Waals surface area (Å²) in [5.41, 5.74) is 1.09. The summed E-state index contributed by atoms with van der Waals surface area (Å²) in [5.74, 6) is -0.138. The van der Waals surface area contributed by atoms with Gasteiger partial charge in [0, 0.05) is 18.3 Å². The van der Waals surface area contributed by atoms with E-state index in [9.17, 15) is 13.2 Å². The van der Waals surface area contributed by atoms with Crippen LogP contribution in [0.2, 0.25) is 0 Å². The molecule has 2 fully saturated rings. The predicted octanol–water partition coefficient (Wildman–Crippen LogP) is 2.39. The van der Waals surface area contributed by atoms with Crippen molar-refractivity contribution in [2.24, 2.45) is 0 Å². The quantitative estimate of drug-likeness (QED) is 0.828. The van der Waals surface area contributed by atoms with E-state index in [0.717, 1.165) is 18.5 Å². The highest BCUT2D eigenvalue weighted by atomic mass is 32.2. The molecular weight excluding hydrogens is 350 g/mol. The Kier molecular flexibility index (Phi) is 4.26. The van der Waals surface area contributed by atoms with Gasteiger partial charge in [-0.05, 0) is 44.7 Å². The maximum absolute atomic E-state index is 13.0. The van der Waals surface area contributed by atoms with Crippen molar-refractivity contribution in [2.45, 2.75) is 54.8 Å². The van der Waals surface area contributed by atoms with Crippen LogP contribution in [-0.2, 0) is 9.84 Å². The molecule has 2 aliphatic heterocycles. The third-order valence-electron chi connectivity index (χ3n) is 5.43. The summed E-state index contributed by atoms with van der Waals surface area (Å²) in [6, 6.07) is 8.51. The normalized spacial score (nSPS) is 25.3. The standard InChI is InChI=1S/C19H21N3O3S/c1-13-11-21-18(12-20-13)19(23)22-14-7-8-15(22)10-17(9-14)26(24,25)16-5-3-2-4-6-16/h2-6,11-12,14-15,17H,7-10H2,1H3. The topological polar surface area (TPSA) is 80.2 Å². The molecule has 7 heteroatoms. The number of aromatic nitrogens is 2. The van der Waals surface area contributed by atoms with E-state index in [-0.39, 0.29) is 18.0 Å². The molecule has 2 atom stereocenters. The number of carbonyl (C=O) groups excluding carboxylic acids is 1. The number of rotatable bonds is 3. The lowest BCUT2D eigenvalue weighted by atomic mass is 10.0. The van der Waals surface area contributed by atoms with Gasteiger partial charge in [-0.15, -0.1) is 0 Å². The van der Waals surface area contributed by atoms with Crippen LogP contribution >= 0.6 is 0 Å². The summed E-state index contributed by atoms with van der Waals surface area (Å²) in [4.78, 5) is 23.4. The Labute approximate surface area is 153 Å². The van der Waals surface area contributed by atoms with E-state index in [2.05, 4.69) is 9.97 Å². The third kappa shape index (κ3) is 2.90. The average molecular weight is 371 g/mol. The highest BCUT2D eigenvalue weighted by Gasteiger charge is 2.47. The van der Waals surface area contributed by atoms with Crippen molar-refractivity contribution >= 4 is 15.7 Å². The van der Waals surface area contributed by atoms with Gasteiger partial charge in [-0.25, -0.2) is 13.4 Å². The molecule has 0 saturated carbocycles. The first-order valence-electron chi connectivity index (χ1n) is 8.87. The fourth-order valence-electron chi connectivity index (χ4n) is 4.15. The molecule has 2 aliphatic rings. The molecule has 0 spiro atoms. The number of nitrogens with zero attached hydrogens (tertiary/aromatic N) is 3. The lowest BCUT2D eigenvalue weighted by Crippen LogP contribution is -2.49. The summed E-state index contributed by atoms with van der Waals surface area (Å²) in [7, 11) is -3.37. The molecular formula is C19H21N3O3S. The molecule has 2 unspecified atom stereocenters. The van der Waals surface area contributed by atoms with Gasteiger partial charge in [0.2, 0.25) is 0 Å². The molecule has 1 aromatic heterocycles. The minimum Gasteiger partial charge on any atom is -0.331 e. The molecule has 3 heterocycles. The summed E-state index contributed by atoms with van der Waals surface area (Å²) in [6.45, 7) is 1.82. The van der Waals surface area contributed by atoms with E-state index < -0.39 is 15.1 Å². The zero-order valence-electron chi connectivity index (χ0n) is 14.6. The molecule has 2 saturated heterocycles. The third-order valence-corrected chi connectivity index (χ3v) is 7.63. The van der Waals surface area contributed by atoms with Gasteiger partial charge < -0.3 is 4.90 Å². The molecule has 0 radical (unpaired) electrons. The zero-order chi connectivity index (χ0) is 18.3. The van der Waals surface area contributed by atoms with Crippen LogP contribution < -0.4 is 0 Å². The van der Waals surface area contributed by atoms with Crippen molar-refractivity contribution in [3.8, 4) is 0 Å².